The van der Waals surface area contributed by atoms with E-state index in [4.69, 9.17) is 9.47 Å². The van der Waals surface area contributed by atoms with E-state index in [1.165, 1.54) is 0 Å². The van der Waals surface area contributed by atoms with Crippen molar-refractivity contribution in [2.45, 2.75) is 32.6 Å². The first-order valence-corrected chi connectivity index (χ1v) is 8.03. The third-order valence-electron chi connectivity index (χ3n) is 3.95. The van der Waals surface area contributed by atoms with Gasteiger partial charge in [-0.1, -0.05) is 0 Å². The highest BCUT2D eigenvalue weighted by Crippen LogP contribution is 2.21. The first kappa shape index (κ1) is 16.4. The molecule has 24 heavy (non-hydrogen) atoms. The Kier molecular flexibility index (Phi) is 5.05. The molecule has 1 aliphatic heterocycles. The zero-order valence-corrected chi connectivity index (χ0v) is 13.8. The lowest BCUT2D eigenvalue weighted by molar-refractivity contribution is -0.146. The van der Waals surface area contributed by atoms with Crippen LogP contribution in [-0.2, 0) is 16.1 Å². The summed E-state index contributed by atoms with van der Waals surface area (Å²) in [5.74, 6) is 1.25. The molecule has 1 amide bonds. The highest BCUT2D eigenvalue weighted by atomic mass is 16.5. The van der Waals surface area contributed by atoms with E-state index >= 15 is 0 Å². The molecule has 3 rings (SSSR count). The smallest absolute Gasteiger partial charge is 0.263 e. The molecule has 0 spiro atoms. The fraction of sp³-hybridized carbons (Fsp3) is 0.500. The predicted octanol–water partition coefficient (Wildman–Crippen LogP) is 1.06. The zero-order chi connectivity index (χ0) is 16.9. The van der Waals surface area contributed by atoms with Crippen molar-refractivity contribution in [1.29, 1.82) is 0 Å². The summed E-state index contributed by atoms with van der Waals surface area (Å²) in [7, 11) is 0. The van der Waals surface area contributed by atoms with Crippen LogP contribution < -0.4 is 4.74 Å². The highest BCUT2D eigenvalue weighted by molar-refractivity contribution is 5.81. The maximum absolute atomic E-state index is 12.7. The molecular formula is C16H21N5O3. The minimum Gasteiger partial charge on any atom is -0.479 e. The van der Waals surface area contributed by atoms with Crippen molar-refractivity contribution in [3.05, 3.63) is 36.7 Å². The van der Waals surface area contributed by atoms with Gasteiger partial charge in [0.15, 0.2) is 11.9 Å². The normalized spacial score (nSPS) is 19.1. The van der Waals surface area contributed by atoms with Gasteiger partial charge in [0.1, 0.15) is 18.2 Å². The standard InChI is InChI=1S/C16H21N5O3/c1-3-20-11-18-19-15(20)14-10-21(7-8-23-14)16(22)12(2)24-13-5-4-6-17-9-13/h4-6,9,11-12,14H,3,7-8,10H2,1-2H3/t12-,14+/m1/s1. The van der Waals surface area contributed by atoms with Crippen molar-refractivity contribution in [3.8, 4) is 5.75 Å². The van der Waals surface area contributed by atoms with Crippen LogP contribution in [0.4, 0.5) is 0 Å². The number of nitrogens with zero attached hydrogens (tertiary/aromatic N) is 5. The van der Waals surface area contributed by atoms with Crippen molar-refractivity contribution < 1.29 is 14.3 Å². The Labute approximate surface area is 140 Å². The summed E-state index contributed by atoms with van der Waals surface area (Å²) >= 11 is 0. The first-order valence-electron chi connectivity index (χ1n) is 8.03. The van der Waals surface area contributed by atoms with Gasteiger partial charge in [0.25, 0.3) is 5.91 Å². The number of pyridine rings is 1. The zero-order valence-electron chi connectivity index (χ0n) is 13.8. The van der Waals surface area contributed by atoms with E-state index in [1.54, 1.807) is 42.7 Å². The van der Waals surface area contributed by atoms with Crippen LogP contribution in [0.3, 0.4) is 0 Å². The Morgan fingerprint density at radius 3 is 3.17 bits per heavy atom. The molecule has 2 aromatic rings. The summed E-state index contributed by atoms with van der Waals surface area (Å²) in [6, 6.07) is 3.55. The van der Waals surface area contributed by atoms with E-state index < -0.39 is 6.10 Å². The lowest BCUT2D eigenvalue weighted by Gasteiger charge is -2.33. The van der Waals surface area contributed by atoms with Gasteiger partial charge in [0.05, 0.1) is 19.3 Å². The fourth-order valence-corrected chi connectivity index (χ4v) is 2.69. The maximum atomic E-state index is 12.7. The molecule has 3 heterocycles. The summed E-state index contributed by atoms with van der Waals surface area (Å²) < 4.78 is 13.4. The molecule has 0 unspecified atom stereocenters. The van der Waals surface area contributed by atoms with Crippen molar-refractivity contribution in [2.24, 2.45) is 0 Å². The Hall–Kier alpha value is -2.48. The molecular weight excluding hydrogens is 310 g/mol. The van der Waals surface area contributed by atoms with E-state index in [9.17, 15) is 4.79 Å². The van der Waals surface area contributed by atoms with E-state index in [-0.39, 0.29) is 12.0 Å². The van der Waals surface area contributed by atoms with Crippen LogP contribution in [0, 0.1) is 0 Å². The topological polar surface area (TPSA) is 82.4 Å². The van der Waals surface area contributed by atoms with E-state index in [2.05, 4.69) is 15.2 Å². The summed E-state index contributed by atoms with van der Waals surface area (Å²) in [5, 5.41) is 8.05. The van der Waals surface area contributed by atoms with Crippen LogP contribution in [0.25, 0.3) is 0 Å². The number of ether oxygens (including phenoxy) is 2. The molecule has 1 saturated heterocycles. The van der Waals surface area contributed by atoms with Crippen LogP contribution in [0.5, 0.6) is 5.75 Å². The molecule has 2 aromatic heterocycles. The Morgan fingerprint density at radius 2 is 2.42 bits per heavy atom. The van der Waals surface area contributed by atoms with Crippen LogP contribution in [0.15, 0.2) is 30.9 Å². The molecule has 0 aliphatic carbocycles. The number of morpholine rings is 1. The van der Waals surface area contributed by atoms with Crippen LogP contribution in [0.2, 0.25) is 0 Å². The third-order valence-corrected chi connectivity index (χ3v) is 3.95. The number of amides is 1. The quantitative estimate of drug-likeness (QED) is 0.815. The maximum Gasteiger partial charge on any atom is 0.263 e. The largest absolute Gasteiger partial charge is 0.479 e. The van der Waals surface area contributed by atoms with Gasteiger partial charge in [-0.3, -0.25) is 9.78 Å². The second kappa shape index (κ2) is 7.39. The molecule has 0 radical (unpaired) electrons. The lowest BCUT2D eigenvalue weighted by atomic mass is 10.2. The lowest BCUT2D eigenvalue weighted by Crippen LogP contribution is -2.47. The summed E-state index contributed by atoms with van der Waals surface area (Å²) in [6.07, 6.45) is 4.08. The molecule has 0 saturated carbocycles. The van der Waals surface area contributed by atoms with Gasteiger partial charge >= 0.3 is 0 Å². The average molecular weight is 331 g/mol. The SMILES string of the molecule is CCn1cnnc1[C@@H]1CN(C(=O)[C@@H](C)Oc2cccnc2)CCO1. The minimum absolute atomic E-state index is 0.0743. The van der Waals surface area contributed by atoms with Gasteiger partial charge in [0.2, 0.25) is 0 Å². The second-order valence-corrected chi connectivity index (χ2v) is 5.57. The van der Waals surface area contributed by atoms with Gasteiger partial charge in [0, 0.05) is 19.3 Å². The third kappa shape index (κ3) is 3.53. The van der Waals surface area contributed by atoms with Crippen molar-refractivity contribution in [1.82, 2.24) is 24.6 Å². The minimum atomic E-state index is -0.586. The average Bonchev–Trinajstić information content (AvgIpc) is 3.11. The first-order chi connectivity index (χ1) is 11.7. The molecule has 1 aliphatic rings. The van der Waals surface area contributed by atoms with Crippen molar-refractivity contribution >= 4 is 5.91 Å². The highest BCUT2D eigenvalue weighted by Gasteiger charge is 2.31. The number of aromatic nitrogens is 4. The number of hydrogen-bond donors (Lipinski definition) is 0. The van der Waals surface area contributed by atoms with Crippen LogP contribution >= 0.6 is 0 Å². The number of rotatable bonds is 5. The number of carbonyl (C=O) groups is 1. The molecule has 0 bridgehead atoms. The Balaban J connectivity index is 1.64. The van der Waals surface area contributed by atoms with E-state index in [1.807, 2.05) is 11.5 Å². The Morgan fingerprint density at radius 1 is 1.54 bits per heavy atom. The summed E-state index contributed by atoms with van der Waals surface area (Å²) in [4.78, 5) is 18.4. The molecule has 8 nitrogen and oxygen atoms in total. The van der Waals surface area contributed by atoms with Gasteiger partial charge in [-0.15, -0.1) is 10.2 Å². The van der Waals surface area contributed by atoms with Gasteiger partial charge in [-0.25, -0.2) is 0 Å². The second-order valence-electron chi connectivity index (χ2n) is 5.57. The molecule has 128 valence electrons. The van der Waals surface area contributed by atoms with E-state index in [0.29, 0.717) is 25.4 Å². The summed E-state index contributed by atoms with van der Waals surface area (Å²) in [5.41, 5.74) is 0. The molecule has 0 aromatic carbocycles. The number of carbonyl (C=O) groups excluding carboxylic acids is 1. The molecule has 2 atom stereocenters. The summed E-state index contributed by atoms with van der Waals surface area (Å²) in [6.45, 7) is 5.97. The fourth-order valence-electron chi connectivity index (χ4n) is 2.69. The van der Waals surface area contributed by atoms with E-state index in [0.717, 1.165) is 12.4 Å². The molecule has 1 fully saturated rings. The molecule has 8 heteroatoms. The molecule has 0 N–H and O–H groups in total. The Bertz CT molecular complexity index is 675. The van der Waals surface area contributed by atoms with Crippen LogP contribution in [-0.4, -0.2) is 56.4 Å². The number of hydrogen-bond acceptors (Lipinski definition) is 6. The van der Waals surface area contributed by atoms with Gasteiger partial charge < -0.3 is 18.9 Å². The van der Waals surface area contributed by atoms with Crippen LogP contribution in [0.1, 0.15) is 25.8 Å². The predicted molar refractivity (Wildman–Crippen MR) is 85.3 cm³/mol. The van der Waals surface area contributed by atoms with Crippen molar-refractivity contribution in [2.75, 3.05) is 19.7 Å². The van der Waals surface area contributed by atoms with Crippen molar-refractivity contribution in [3.63, 3.8) is 0 Å². The van der Waals surface area contributed by atoms with Gasteiger partial charge in [-0.05, 0) is 26.0 Å². The van der Waals surface area contributed by atoms with Gasteiger partial charge in [-0.2, -0.15) is 0 Å². The monoisotopic (exact) mass is 331 g/mol. The number of aryl methyl sites for hydroxylation is 1.